The minimum Gasteiger partial charge on any atom is -0.340 e. The molecule has 82 valence electrons. The zero-order chi connectivity index (χ0) is 11.5. The van der Waals surface area contributed by atoms with Crippen molar-refractivity contribution < 1.29 is 0 Å². The summed E-state index contributed by atoms with van der Waals surface area (Å²) in [5.74, 6) is 1.65. The van der Waals surface area contributed by atoms with Crippen LogP contribution in [0.1, 0.15) is 17.0 Å². The highest BCUT2D eigenvalue weighted by Gasteiger charge is 2.01. The average molecular weight is 213 g/mol. The smallest absolute Gasteiger partial charge is 0.136 e. The number of hydrogen-bond donors (Lipinski definition) is 1. The molecule has 1 heterocycles. The Morgan fingerprint density at radius 2 is 1.69 bits per heavy atom. The molecule has 1 N–H and O–H groups in total. The fraction of sp³-hybridized carbons (Fsp3) is 0.231. The molecule has 0 radical (unpaired) electrons. The molecule has 0 unspecified atom stereocenters. The van der Waals surface area contributed by atoms with Gasteiger partial charge in [0.2, 0.25) is 0 Å². The Morgan fingerprint density at radius 1 is 1.00 bits per heavy atom. The van der Waals surface area contributed by atoms with Crippen LogP contribution in [0.3, 0.4) is 0 Å². The van der Waals surface area contributed by atoms with Crippen molar-refractivity contribution in [2.24, 2.45) is 0 Å². The van der Waals surface area contributed by atoms with Crippen LogP contribution in [0.5, 0.6) is 0 Å². The minimum absolute atomic E-state index is 0.778. The lowest BCUT2D eigenvalue weighted by atomic mass is 10.2. The first-order chi connectivity index (χ1) is 7.65. The molecule has 0 fully saturated rings. The van der Waals surface area contributed by atoms with Crippen LogP contribution < -0.4 is 5.32 Å². The van der Waals surface area contributed by atoms with Gasteiger partial charge < -0.3 is 5.32 Å². The Labute approximate surface area is 95.6 Å². The molecule has 3 nitrogen and oxygen atoms in total. The highest BCUT2D eigenvalue weighted by molar-refractivity contribution is 5.58. The van der Waals surface area contributed by atoms with Gasteiger partial charge in [0.25, 0.3) is 0 Å². The molecular formula is C13H15N3. The van der Waals surface area contributed by atoms with Crippen molar-refractivity contribution in [2.45, 2.75) is 20.8 Å². The second-order valence-electron chi connectivity index (χ2n) is 3.94. The molecular weight excluding hydrogens is 198 g/mol. The summed E-state index contributed by atoms with van der Waals surface area (Å²) < 4.78 is 0. The van der Waals surface area contributed by atoms with Crippen molar-refractivity contribution in [2.75, 3.05) is 5.32 Å². The van der Waals surface area contributed by atoms with E-state index in [-0.39, 0.29) is 0 Å². The number of rotatable bonds is 2. The maximum atomic E-state index is 4.37. The van der Waals surface area contributed by atoms with Gasteiger partial charge in [0.15, 0.2) is 0 Å². The van der Waals surface area contributed by atoms with E-state index < -0.39 is 0 Å². The van der Waals surface area contributed by atoms with Gasteiger partial charge in [-0.15, -0.1) is 0 Å². The molecule has 0 aliphatic heterocycles. The molecule has 0 aliphatic carbocycles. The molecule has 0 atom stereocenters. The molecule has 2 rings (SSSR count). The van der Waals surface area contributed by atoms with Crippen LogP contribution in [0, 0.1) is 20.8 Å². The van der Waals surface area contributed by atoms with Crippen LogP contribution in [0.15, 0.2) is 30.5 Å². The number of hydrogen-bond acceptors (Lipinski definition) is 3. The van der Waals surface area contributed by atoms with Gasteiger partial charge in [0, 0.05) is 17.4 Å². The molecule has 0 bridgehead atoms. The fourth-order valence-electron chi connectivity index (χ4n) is 1.43. The predicted molar refractivity (Wildman–Crippen MR) is 66.0 cm³/mol. The Hall–Kier alpha value is -1.90. The maximum Gasteiger partial charge on any atom is 0.136 e. The maximum absolute atomic E-state index is 4.37. The van der Waals surface area contributed by atoms with Crippen LogP contribution in [0.25, 0.3) is 0 Å². The first-order valence-corrected chi connectivity index (χ1v) is 5.29. The summed E-state index contributed by atoms with van der Waals surface area (Å²) in [5.41, 5.74) is 3.35. The van der Waals surface area contributed by atoms with Crippen molar-refractivity contribution in [3.8, 4) is 0 Å². The lowest BCUT2D eigenvalue weighted by Gasteiger charge is -2.08. The van der Waals surface area contributed by atoms with E-state index in [1.54, 1.807) is 0 Å². The van der Waals surface area contributed by atoms with E-state index in [9.17, 15) is 0 Å². The zero-order valence-electron chi connectivity index (χ0n) is 9.78. The molecule has 0 saturated carbocycles. The number of benzene rings is 1. The highest BCUT2D eigenvalue weighted by atomic mass is 15.0. The summed E-state index contributed by atoms with van der Waals surface area (Å²) in [7, 11) is 0. The van der Waals surface area contributed by atoms with Gasteiger partial charge >= 0.3 is 0 Å². The summed E-state index contributed by atoms with van der Waals surface area (Å²) in [5, 5.41) is 3.29. The van der Waals surface area contributed by atoms with Gasteiger partial charge in [-0.3, -0.25) is 0 Å². The van der Waals surface area contributed by atoms with Crippen LogP contribution in [-0.2, 0) is 0 Å². The van der Waals surface area contributed by atoms with Crippen LogP contribution >= 0.6 is 0 Å². The van der Waals surface area contributed by atoms with E-state index in [2.05, 4.69) is 34.3 Å². The lowest BCUT2D eigenvalue weighted by Crippen LogP contribution is -1.99. The van der Waals surface area contributed by atoms with Crippen molar-refractivity contribution in [3.05, 3.63) is 47.4 Å². The summed E-state index contributed by atoms with van der Waals surface area (Å²) in [6.45, 7) is 5.96. The van der Waals surface area contributed by atoms with E-state index >= 15 is 0 Å². The SMILES string of the molecule is Cc1ccc(Nc2nc(C)ncc2C)cc1. The molecule has 1 aromatic heterocycles. The van der Waals surface area contributed by atoms with Gasteiger partial charge in [0.1, 0.15) is 11.6 Å². The molecule has 16 heavy (non-hydrogen) atoms. The topological polar surface area (TPSA) is 37.8 Å². The highest BCUT2D eigenvalue weighted by Crippen LogP contribution is 2.17. The zero-order valence-corrected chi connectivity index (χ0v) is 9.78. The second-order valence-corrected chi connectivity index (χ2v) is 3.94. The predicted octanol–water partition coefficient (Wildman–Crippen LogP) is 3.15. The van der Waals surface area contributed by atoms with Crippen LogP contribution in [-0.4, -0.2) is 9.97 Å². The Morgan fingerprint density at radius 3 is 2.38 bits per heavy atom. The number of anilines is 2. The van der Waals surface area contributed by atoms with Crippen molar-refractivity contribution in [1.82, 2.24) is 9.97 Å². The summed E-state index contributed by atoms with van der Waals surface area (Å²) in [6.07, 6.45) is 1.83. The fourth-order valence-corrected chi connectivity index (χ4v) is 1.43. The summed E-state index contributed by atoms with van der Waals surface area (Å²) >= 11 is 0. The van der Waals surface area contributed by atoms with Crippen molar-refractivity contribution in [3.63, 3.8) is 0 Å². The van der Waals surface area contributed by atoms with Crippen molar-refractivity contribution in [1.29, 1.82) is 0 Å². The van der Waals surface area contributed by atoms with Gasteiger partial charge in [-0.1, -0.05) is 17.7 Å². The Kier molecular flexibility index (Phi) is 2.86. The molecule has 0 amide bonds. The lowest BCUT2D eigenvalue weighted by molar-refractivity contribution is 1.04. The molecule has 0 aliphatic rings. The second kappa shape index (κ2) is 4.31. The van der Waals surface area contributed by atoms with E-state index in [0.29, 0.717) is 0 Å². The van der Waals surface area contributed by atoms with Gasteiger partial charge in [-0.05, 0) is 32.9 Å². The van der Waals surface area contributed by atoms with Gasteiger partial charge in [-0.2, -0.15) is 0 Å². The first-order valence-electron chi connectivity index (χ1n) is 5.29. The quantitative estimate of drug-likeness (QED) is 0.832. The molecule has 2 aromatic rings. The number of aromatic nitrogens is 2. The van der Waals surface area contributed by atoms with Crippen molar-refractivity contribution >= 4 is 11.5 Å². The van der Waals surface area contributed by atoms with E-state index in [1.807, 2.05) is 32.2 Å². The molecule has 0 saturated heterocycles. The molecule has 0 spiro atoms. The Balaban J connectivity index is 2.26. The van der Waals surface area contributed by atoms with Gasteiger partial charge in [0.05, 0.1) is 0 Å². The summed E-state index contributed by atoms with van der Waals surface area (Å²) in [4.78, 5) is 8.51. The standard InChI is InChI=1S/C13H15N3/c1-9-4-6-12(7-5-9)16-13-10(2)8-14-11(3)15-13/h4-8H,1-3H3,(H,14,15,16). The summed E-state index contributed by atoms with van der Waals surface area (Å²) in [6, 6.07) is 8.25. The van der Waals surface area contributed by atoms with Gasteiger partial charge in [-0.25, -0.2) is 9.97 Å². The third-order valence-corrected chi connectivity index (χ3v) is 2.41. The van der Waals surface area contributed by atoms with Crippen LogP contribution in [0.4, 0.5) is 11.5 Å². The monoisotopic (exact) mass is 213 g/mol. The number of nitrogens with zero attached hydrogens (tertiary/aromatic N) is 2. The number of aryl methyl sites for hydroxylation is 3. The number of nitrogens with one attached hydrogen (secondary N) is 1. The third-order valence-electron chi connectivity index (χ3n) is 2.41. The van der Waals surface area contributed by atoms with E-state index in [0.717, 1.165) is 22.9 Å². The minimum atomic E-state index is 0.778. The Bertz CT molecular complexity index is 489. The van der Waals surface area contributed by atoms with E-state index in [4.69, 9.17) is 0 Å². The largest absolute Gasteiger partial charge is 0.340 e. The first kappa shape index (κ1) is 10.6. The third kappa shape index (κ3) is 2.37. The van der Waals surface area contributed by atoms with E-state index in [1.165, 1.54) is 5.56 Å². The average Bonchev–Trinajstić information content (AvgIpc) is 2.27. The molecule has 1 aromatic carbocycles. The normalized spacial score (nSPS) is 10.2. The van der Waals surface area contributed by atoms with Crippen LogP contribution in [0.2, 0.25) is 0 Å². The molecule has 3 heteroatoms.